The monoisotopic (exact) mass is 325 g/mol. The SMILES string of the molecule is COc1ccc(C(=O)N2CCN(Cc3ccccc3)CC2)c(N)c1. The fraction of sp³-hybridized carbons (Fsp3) is 0.316. The number of benzene rings is 2. The number of piperazine rings is 1. The maximum Gasteiger partial charge on any atom is 0.256 e. The van der Waals surface area contributed by atoms with E-state index in [1.165, 1.54) is 5.56 Å². The van der Waals surface area contributed by atoms with E-state index in [-0.39, 0.29) is 5.91 Å². The average molecular weight is 325 g/mol. The molecule has 2 N–H and O–H groups in total. The van der Waals surface area contributed by atoms with E-state index in [0.717, 1.165) is 32.7 Å². The number of methoxy groups -OCH3 is 1. The highest BCUT2D eigenvalue weighted by atomic mass is 16.5. The standard InChI is InChI=1S/C19H23N3O2/c1-24-16-7-8-17(18(20)13-16)19(23)22-11-9-21(10-12-22)14-15-5-3-2-4-6-15/h2-8,13H,9-12,14,20H2,1H3. The maximum absolute atomic E-state index is 12.7. The number of nitrogens with zero attached hydrogens (tertiary/aromatic N) is 2. The Balaban J connectivity index is 1.59. The van der Waals surface area contributed by atoms with Gasteiger partial charge in [-0.25, -0.2) is 0 Å². The van der Waals surface area contributed by atoms with Crippen LogP contribution in [0.25, 0.3) is 0 Å². The Morgan fingerprint density at radius 1 is 1.08 bits per heavy atom. The summed E-state index contributed by atoms with van der Waals surface area (Å²) in [5.74, 6) is 0.659. The minimum absolute atomic E-state index is 0.00508. The second-order valence-corrected chi connectivity index (χ2v) is 6.01. The summed E-state index contributed by atoms with van der Waals surface area (Å²) in [6.07, 6.45) is 0. The van der Waals surface area contributed by atoms with Gasteiger partial charge in [0.05, 0.1) is 12.7 Å². The first-order valence-corrected chi connectivity index (χ1v) is 8.16. The number of anilines is 1. The van der Waals surface area contributed by atoms with Crippen LogP contribution in [-0.4, -0.2) is 49.0 Å². The Kier molecular flexibility index (Phi) is 5.01. The predicted molar refractivity (Wildman–Crippen MR) is 95.0 cm³/mol. The van der Waals surface area contributed by atoms with Gasteiger partial charge >= 0.3 is 0 Å². The van der Waals surface area contributed by atoms with Gasteiger partial charge < -0.3 is 15.4 Å². The van der Waals surface area contributed by atoms with Crippen LogP contribution in [0.1, 0.15) is 15.9 Å². The molecule has 1 heterocycles. The lowest BCUT2D eigenvalue weighted by Crippen LogP contribution is -2.48. The molecule has 0 aromatic heterocycles. The molecule has 1 aliphatic rings. The van der Waals surface area contributed by atoms with Crippen LogP contribution in [0, 0.1) is 0 Å². The number of hydrogen-bond acceptors (Lipinski definition) is 4. The molecule has 2 aromatic carbocycles. The zero-order valence-corrected chi connectivity index (χ0v) is 13.9. The van der Waals surface area contributed by atoms with Crippen molar-refractivity contribution in [1.29, 1.82) is 0 Å². The van der Waals surface area contributed by atoms with Gasteiger partial charge in [0.2, 0.25) is 0 Å². The third kappa shape index (κ3) is 3.68. The minimum atomic E-state index is -0.00508. The Labute approximate surface area is 142 Å². The molecule has 0 saturated carbocycles. The van der Waals surface area contributed by atoms with Gasteiger partial charge in [-0.05, 0) is 17.7 Å². The molecular formula is C19H23N3O2. The summed E-state index contributed by atoms with van der Waals surface area (Å²) in [6.45, 7) is 4.11. The van der Waals surface area contributed by atoms with Gasteiger partial charge in [-0.2, -0.15) is 0 Å². The van der Waals surface area contributed by atoms with Crippen molar-refractivity contribution in [2.24, 2.45) is 0 Å². The predicted octanol–water partition coefficient (Wildman–Crippen LogP) is 2.24. The molecule has 5 heteroatoms. The number of rotatable bonds is 4. The van der Waals surface area contributed by atoms with Crippen molar-refractivity contribution >= 4 is 11.6 Å². The van der Waals surface area contributed by atoms with E-state index in [1.54, 1.807) is 25.3 Å². The highest BCUT2D eigenvalue weighted by Crippen LogP contribution is 2.21. The number of hydrogen-bond donors (Lipinski definition) is 1. The van der Waals surface area contributed by atoms with E-state index >= 15 is 0 Å². The lowest BCUT2D eigenvalue weighted by Gasteiger charge is -2.35. The zero-order valence-electron chi connectivity index (χ0n) is 13.9. The second kappa shape index (κ2) is 7.36. The van der Waals surface area contributed by atoms with Crippen molar-refractivity contribution in [3.8, 4) is 5.75 Å². The van der Waals surface area contributed by atoms with Crippen LogP contribution >= 0.6 is 0 Å². The van der Waals surface area contributed by atoms with E-state index in [1.807, 2.05) is 11.0 Å². The van der Waals surface area contributed by atoms with E-state index in [4.69, 9.17) is 10.5 Å². The summed E-state index contributed by atoms with van der Waals surface area (Å²) in [7, 11) is 1.59. The van der Waals surface area contributed by atoms with Gasteiger partial charge in [0.1, 0.15) is 5.75 Å². The van der Waals surface area contributed by atoms with E-state index in [2.05, 4.69) is 29.2 Å². The zero-order chi connectivity index (χ0) is 16.9. The fourth-order valence-electron chi connectivity index (χ4n) is 2.98. The van der Waals surface area contributed by atoms with Gasteiger partial charge in [0, 0.05) is 44.5 Å². The van der Waals surface area contributed by atoms with Crippen LogP contribution in [-0.2, 0) is 6.54 Å². The van der Waals surface area contributed by atoms with Gasteiger partial charge in [-0.3, -0.25) is 9.69 Å². The van der Waals surface area contributed by atoms with Gasteiger partial charge in [0.25, 0.3) is 5.91 Å². The molecular weight excluding hydrogens is 302 g/mol. The Bertz CT molecular complexity index is 695. The number of carbonyl (C=O) groups excluding carboxylic acids is 1. The van der Waals surface area contributed by atoms with Gasteiger partial charge in [0.15, 0.2) is 0 Å². The van der Waals surface area contributed by atoms with Gasteiger partial charge in [-0.1, -0.05) is 30.3 Å². The van der Waals surface area contributed by atoms with Crippen LogP contribution < -0.4 is 10.5 Å². The highest BCUT2D eigenvalue weighted by Gasteiger charge is 2.23. The van der Waals surface area contributed by atoms with Crippen LogP contribution in [0.5, 0.6) is 5.75 Å². The smallest absolute Gasteiger partial charge is 0.256 e. The van der Waals surface area contributed by atoms with Crippen molar-refractivity contribution in [2.45, 2.75) is 6.54 Å². The lowest BCUT2D eigenvalue weighted by atomic mass is 10.1. The Morgan fingerprint density at radius 3 is 2.42 bits per heavy atom. The van der Waals surface area contributed by atoms with Crippen molar-refractivity contribution in [3.63, 3.8) is 0 Å². The largest absolute Gasteiger partial charge is 0.497 e. The van der Waals surface area contributed by atoms with Crippen molar-refractivity contribution in [2.75, 3.05) is 39.0 Å². The number of amides is 1. The summed E-state index contributed by atoms with van der Waals surface area (Å²) in [4.78, 5) is 16.9. The second-order valence-electron chi connectivity index (χ2n) is 6.01. The average Bonchev–Trinajstić information content (AvgIpc) is 2.62. The molecule has 0 aliphatic carbocycles. The molecule has 0 spiro atoms. The molecule has 1 amide bonds. The number of carbonyl (C=O) groups is 1. The number of ether oxygens (including phenoxy) is 1. The molecule has 1 saturated heterocycles. The molecule has 1 fully saturated rings. The molecule has 126 valence electrons. The van der Waals surface area contributed by atoms with Crippen molar-refractivity contribution in [1.82, 2.24) is 9.80 Å². The maximum atomic E-state index is 12.7. The molecule has 0 bridgehead atoms. The molecule has 0 atom stereocenters. The number of nitrogens with two attached hydrogens (primary N) is 1. The van der Waals surface area contributed by atoms with Crippen molar-refractivity contribution in [3.05, 3.63) is 59.7 Å². The number of nitrogen functional groups attached to an aromatic ring is 1. The molecule has 5 nitrogen and oxygen atoms in total. The lowest BCUT2D eigenvalue weighted by molar-refractivity contribution is 0.0629. The fourth-order valence-corrected chi connectivity index (χ4v) is 2.98. The molecule has 24 heavy (non-hydrogen) atoms. The van der Waals surface area contributed by atoms with E-state index in [9.17, 15) is 4.79 Å². The van der Waals surface area contributed by atoms with Gasteiger partial charge in [-0.15, -0.1) is 0 Å². The third-order valence-electron chi connectivity index (χ3n) is 4.40. The summed E-state index contributed by atoms with van der Waals surface area (Å²) >= 11 is 0. The first kappa shape index (κ1) is 16.3. The van der Waals surface area contributed by atoms with Crippen LogP contribution in [0.4, 0.5) is 5.69 Å². The van der Waals surface area contributed by atoms with Crippen LogP contribution in [0.2, 0.25) is 0 Å². The molecule has 2 aromatic rings. The van der Waals surface area contributed by atoms with Crippen LogP contribution in [0.3, 0.4) is 0 Å². The molecule has 1 aliphatic heterocycles. The van der Waals surface area contributed by atoms with Crippen LogP contribution in [0.15, 0.2) is 48.5 Å². The van der Waals surface area contributed by atoms with Crippen molar-refractivity contribution < 1.29 is 9.53 Å². The summed E-state index contributed by atoms with van der Waals surface area (Å²) < 4.78 is 5.13. The molecule has 0 unspecified atom stereocenters. The third-order valence-corrected chi connectivity index (χ3v) is 4.40. The summed E-state index contributed by atoms with van der Waals surface area (Å²) in [5.41, 5.74) is 8.31. The molecule has 3 rings (SSSR count). The topological polar surface area (TPSA) is 58.8 Å². The first-order chi connectivity index (χ1) is 11.7. The Morgan fingerprint density at radius 2 is 1.79 bits per heavy atom. The quantitative estimate of drug-likeness (QED) is 0.876. The Hall–Kier alpha value is -2.53. The minimum Gasteiger partial charge on any atom is -0.497 e. The normalized spacial score (nSPS) is 15.3. The first-order valence-electron chi connectivity index (χ1n) is 8.16. The summed E-state index contributed by atoms with van der Waals surface area (Å²) in [6, 6.07) is 15.6. The summed E-state index contributed by atoms with van der Waals surface area (Å²) in [5, 5.41) is 0. The van der Waals surface area contributed by atoms with E-state index in [0.29, 0.717) is 17.0 Å². The molecule has 0 radical (unpaired) electrons. The van der Waals surface area contributed by atoms with E-state index < -0.39 is 0 Å². The highest BCUT2D eigenvalue weighted by molar-refractivity contribution is 5.99.